The van der Waals surface area contributed by atoms with Gasteiger partial charge in [0.05, 0.1) is 25.0 Å². The molecule has 1 aliphatic rings. The third-order valence-corrected chi connectivity index (χ3v) is 4.47. The number of methoxy groups -OCH3 is 1. The number of hydrogen-bond acceptors (Lipinski definition) is 7. The average Bonchev–Trinajstić information content (AvgIpc) is 3.43. The molecule has 0 saturated carbocycles. The van der Waals surface area contributed by atoms with Crippen LogP contribution in [0.4, 0.5) is 5.82 Å². The summed E-state index contributed by atoms with van der Waals surface area (Å²) < 4.78 is 15.5. The van der Waals surface area contributed by atoms with Gasteiger partial charge in [-0.05, 0) is 36.8 Å². The second kappa shape index (κ2) is 6.73. The van der Waals surface area contributed by atoms with E-state index in [4.69, 9.17) is 13.7 Å². The molecule has 3 heterocycles. The van der Waals surface area contributed by atoms with Crippen LogP contribution in [0, 0.1) is 6.92 Å². The summed E-state index contributed by atoms with van der Waals surface area (Å²) in [6.45, 7) is 1.68. The fraction of sp³-hybridized carbons (Fsp3) is 0.150. The van der Waals surface area contributed by atoms with Gasteiger partial charge in [-0.3, -0.25) is 14.5 Å². The van der Waals surface area contributed by atoms with Crippen molar-refractivity contribution in [2.45, 2.75) is 13.0 Å². The van der Waals surface area contributed by atoms with Gasteiger partial charge < -0.3 is 18.8 Å². The highest BCUT2D eigenvalue weighted by atomic mass is 16.5. The second-order valence-electron chi connectivity index (χ2n) is 6.22. The highest BCUT2D eigenvalue weighted by Crippen LogP contribution is 2.42. The van der Waals surface area contributed by atoms with E-state index in [-0.39, 0.29) is 17.2 Å². The Bertz CT molecular complexity index is 1080. The highest BCUT2D eigenvalue weighted by molar-refractivity contribution is 6.19. The van der Waals surface area contributed by atoms with Crippen LogP contribution >= 0.6 is 0 Å². The van der Waals surface area contributed by atoms with E-state index < -0.39 is 23.5 Å². The van der Waals surface area contributed by atoms with Gasteiger partial charge in [-0.2, -0.15) is 0 Å². The summed E-state index contributed by atoms with van der Waals surface area (Å²) in [5.74, 6) is -0.781. The number of anilines is 1. The smallest absolute Gasteiger partial charge is 0.295 e. The number of carbonyl (C=O) groups is 2. The predicted molar refractivity (Wildman–Crippen MR) is 97.2 cm³/mol. The molecule has 2 aromatic heterocycles. The Hall–Kier alpha value is -3.81. The molecule has 1 aliphatic heterocycles. The van der Waals surface area contributed by atoms with Crippen molar-refractivity contribution in [3.8, 4) is 5.75 Å². The van der Waals surface area contributed by atoms with Gasteiger partial charge in [0.25, 0.3) is 5.91 Å². The zero-order valence-corrected chi connectivity index (χ0v) is 15.1. The number of ether oxygens (including phenoxy) is 1. The minimum Gasteiger partial charge on any atom is -0.503 e. The van der Waals surface area contributed by atoms with Crippen molar-refractivity contribution < 1.29 is 28.4 Å². The molecule has 0 radical (unpaired) electrons. The summed E-state index contributed by atoms with van der Waals surface area (Å²) in [5.41, 5.74) is 0.459. The second-order valence-corrected chi connectivity index (χ2v) is 6.22. The first-order chi connectivity index (χ1) is 13.5. The molecule has 4 rings (SSSR count). The molecule has 0 fully saturated rings. The van der Waals surface area contributed by atoms with E-state index in [1.807, 2.05) is 0 Å². The number of aryl methyl sites for hydroxylation is 1. The topological polar surface area (TPSA) is 106 Å². The Morgan fingerprint density at radius 1 is 1.25 bits per heavy atom. The Morgan fingerprint density at radius 3 is 2.71 bits per heavy atom. The standard InChI is InChI=1S/C20H16N2O6/c1-11-9-15(21-28-11)22-17(12-5-3-6-13(10-12)26-2)16(19(24)20(22)25)18(23)14-7-4-8-27-14/h3-10,17,24H,1-2H3/t17-/m0/s1. The minimum absolute atomic E-state index is 0.0143. The number of Topliss-reactive ketones (excluding diaryl/α,β-unsaturated/α-hetero) is 1. The molecular formula is C20H16N2O6. The quantitative estimate of drug-likeness (QED) is 0.676. The molecule has 0 unspecified atom stereocenters. The van der Waals surface area contributed by atoms with Gasteiger partial charge in [0, 0.05) is 6.07 Å². The van der Waals surface area contributed by atoms with Crippen LogP contribution in [0.25, 0.3) is 0 Å². The zero-order chi connectivity index (χ0) is 19.8. The highest BCUT2D eigenvalue weighted by Gasteiger charge is 2.46. The normalized spacial score (nSPS) is 16.7. The lowest BCUT2D eigenvalue weighted by molar-refractivity contribution is -0.117. The number of amides is 1. The summed E-state index contributed by atoms with van der Waals surface area (Å²) in [6.07, 6.45) is 1.35. The van der Waals surface area contributed by atoms with Crippen molar-refractivity contribution in [3.05, 3.63) is 77.1 Å². The Morgan fingerprint density at radius 2 is 2.07 bits per heavy atom. The third kappa shape index (κ3) is 2.75. The number of rotatable bonds is 5. The van der Waals surface area contributed by atoms with Gasteiger partial charge in [0.2, 0.25) is 5.78 Å². The van der Waals surface area contributed by atoms with Crippen molar-refractivity contribution in [1.82, 2.24) is 5.16 Å². The Balaban J connectivity index is 1.89. The maximum absolute atomic E-state index is 13.0. The summed E-state index contributed by atoms with van der Waals surface area (Å²) in [7, 11) is 1.51. The molecule has 1 aromatic carbocycles. The maximum Gasteiger partial charge on any atom is 0.295 e. The van der Waals surface area contributed by atoms with E-state index in [9.17, 15) is 14.7 Å². The third-order valence-electron chi connectivity index (χ3n) is 4.47. The maximum atomic E-state index is 13.0. The zero-order valence-electron chi connectivity index (χ0n) is 15.1. The van der Waals surface area contributed by atoms with Gasteiger partial charge in [-0.1, -0.05) is 17.3 Å². The first-order valence-electron chi connectivity index (χ1n) is 8.43. The lowest BCUT2D eigenvalue weighted by Gasteiger charge is -2.24. The van der Waals surface area contributed by atoms with Crippen LogP contribution in [-0.2, 0) is 4.79 Å². The molecule has 0 spiro atoms. The Labute approximate surface area is 159 Å². The van der Waals surface area contributed by atoms with E-state index in [1.165, 1.54) is 24.3 Å². The molecule has 142 valence electrons. The first kappa shape index (κ1) is 17.6. The molecule has 0 saturated heterocycles. The van der Waals surface area contributed by atoms with Crippen LogP contribution < -0.4 is 9.64 Å². The van der Waals surface area contributed by atoms with Crippen LogP contribution in [-0.4, -0.2) is 29.1 Å². The van der Waals surface area contributed by atoms with E-state index >= 15 is 0 Å². The molecule has 3 aromatic rings. The van der Waals surface area contributed by atoms with E-state index in [2.05, 4.69) is 5.16 Å². The summed E-state index contributed by atoms with van der Waals surface area (Å²) >= 11 is 0. The molecule has 0 bridgehead atoms. The molecule has 1 amide bonds. The number of hydrogen-bond donors (Lipinski definition) is 1. The van der Waals surface area contributed by atoms with E-state index in [0.29, 0.717) is 17.1 Å². The van der Waals surface area contributed by atoms with Gasteiger partial charge in [0.1, 0.15) is 11.5 Å². The summed E-state index contributed by atoms with van der Waals surface area (Å²) in [6, 6.07) is 10.5. The number of aliphatic hydroxyl groups is 1. The lowest BCUT2D eigenvalue weighted by atomic mass is 9.95. The number of benzene rings is 1. The number of nitrogens with zero attached hydrogens (tertiary/aromatic N) is 2. The van der Waals surface area contributed by atoms with Crippen molar-refractivity contribution in [1.29, 1.82) is 0 Å². The van der Waals surface area contributed by atoms with Crippen molar-refractivity contribution in [2.24, 2.45) is 0 Å². The number of aliphatic hydroxyl groups excluding tert-OH is 1. The minimum atomic E-state index is -0.926. The fourth-order valence-corrected chi connectivity index (χ4v) is 3.21. The molecule has 1 N–H and O–H groups in total. The van der Waals surface area contributed by atoms with Crippen LogP contribution in [0.5, 0.6) is 5.75 Å². The van der Waals surface area contributed by atoms with Gasteiger partial charge in [-0.25, -0.2) is 0 Å². The number of furan rings is 1. The van der Waals surface area contributed by atoms with Crippen LogP contribution in [0.15, 0.2) is 69.0 Å². The first-order valence-corrected chi connectivity index (χ1v) is 8.43. The largest absolute Gasteiger partial charge is 0.503 e. The van der Waals surface area contributed by atoms with Crippen LogP contribution in [0.1, 0.15) is 27.9 Å². The number of ketones is 1. The molecular weight excluding hydrogens is 364 g/mol. The number of aromatic nitrogens is 1. The van der Waals surface area contributed by atoms with Crippen LogP contribution in [0.2, 0.25) is 0 Å². The van der Waals surface area contributed by atoms with E-state index in [0.717, 1.165) is 0 Å². The van der Waals surface area contributed by atoms with Crippen LogP contribution in [0.3, 0.4) is 0 Å². The van der Waals surface area contributed by atoms with Crippen molar-refractivity contribution in [2.75, 3.05) is 12.0 Å². The van der Waals surface area contributed by atoms with Gasteiger partial charge in [0.15, 0.2) is 17.3 Å². The Kier molecular flexibility index (Phi) is 4.23. The molecule has 1 atom stereocenters. The van der Waals surface area contributed by atoms with Crippen molar-refractivity contribution in [3.63, 3.8) is 0 Å². The monoisotopic (exact) mass is 380 g/mol. The molecule has 8 heteroatoms. The van der Waals surface area contributed by atoms with Gasteiger partial charge in [-0.15, -0.1) is 0 Å². The molecule has 8 nitrogen and oxygen atoms in total. The molecule has 0 aliphatic carbocycles. The number of carbonyl (C=O) groups excluding carboxylic acids is 2. The fourth-order valence-electron chi connectivity index (χ4n) is 3.21. The summed E-state index contributed by atoms with van der Waals surface area (Å²) in [5, 5.41) is 14.4. The molecule has 28 heavy (non-hydrogen) atoms. The van der Waals surface area contributed by atoms with Crippen molar-refractivity contribution >= 4 is 17.5 Å². The lowest BCUT2D eigenvalue weighted by Crippen LogP contribution is -2.31. The van der Waals surface area contributed by atoms with E-state index in [1.54, 1.807) is 43.3 Å². The van der Waals surface area contributed by atoms with Gasteiger partial charge >= 0.3 is 0 Å². The predicted octanol–water partition coefficient (Wildman–Crippen LogP) is 3.37. The average molecular weight is 380 g/mol. The summed E-state index contributed by atoms with van der Waals surface area (Å²) in [4.78, 5) is 27.1. The SMILES string of the molecule is COc1cccc([C@H]2C(C(=O)c3ccco3)=C(O)C(=O)N2c2cc(C)on2)c1.